The fraction of sp³-hybridized carbons (Fsp3) is 0.667. The van der Waals surface area contributed by atoms with E-state index in [1.165, 1.54) is 44.2 Å². The van der Waals surface area contributed by atoms with Crippen LogP contribution in [0.25, 0.3) is 0 Å². The zero-order valence-electron chi connectivity index (χ0n) is 12.6. The van der Waals surface area contributed by atoms with Crippen molar-refractivity contribution in [2.24, 2.45) is 5.92 Å². The molecule has 1 aromatic carbocycles. The first-order chi connectivity index (χ1) is 9.81. The zero-order valence-corrected chi connectivity index (χ0v) is 12.6. The highest BCUT2D eigenvalue weighted by atomic mass is 16.3. The smallest absolute Gasteiger partial charge is 0.0807 e. The Morgan fingerprint density at radius 2 is 1.90 bits per heavy atom. The van der Waals surface area contributed by atoms with Crippen LogP contribution in [-0.2, 0) is 0 Å². The molecule has 0 amide bonds. The second-order valence-corrected chi connectivity index (χ2v) is 6.43. The Hall–Kier alpha value is -1.02. The highest BCUT2D eigenvalue weighted by Gasteiger charge is 2.34. The standard InChI is InChI=1S/C18H27NO/c1-2-18(20)15-10-5-6-11-17(15)19-13-7-12-16(19)14-8-3-4-9-14/h5-6,10-11,14,16,18,20H,2-4,7-9,12-13H2,1H3/t16?,18-/m1/s1. The summed E-state index contributed by atoms with van der Waals surface area (Å²) in [4.78, 5) is 2.60. The van der Waals surface area contributed by atoms with E-state index in [1.807, 2.05) is 0 Å². The minimum Gasteiger partial charge on any atom is -0.388 e. The van der Waals surface area contributed by atoms with E-state index in [9.17, 15) is 5.11 Å². The largest absolute Gasteiger partial charge is 0.388 e. The predicted octanol–water partition coefficient (Wildman–Crippen LogP) is 4.29. The average molecular weight is 273 g/mol. The topological polar surface area (TPSA) is 23.5 Å². The van der Waals surface area contributed by atoms with Crippen LogP contribution in [0.3, 0.4) is 0 Å². The summed E-state index contributed by atoms with van der Waals surface area (Å²) in [7, 11) is 0. The van der Waals surface area contributed by atoms with Gasteiger partial charge < -0.3 is 10.0 Å². The fourth-order valence-electron chi connectivity index (χ4n) is 4.17. The van der Waals surface area contributed by atoms with Crippen LogP contribution in [0.5, 0.6) is 0 Å². The molecule has 1 heterocycles. The molecule has 2 nitrogen and oxygen atoms in total. The molecule has 1 N–H and O–H groups in total. The second kappa shape index (κ2) is 6.17. The molecule has 1 unspecified atom stereocenters. The fourth-order valence-corrected chi connectivity index (χ4v) is 4.17. The lowest BCUT2D eigenvalue weighted by atomic mass is 9.94. The number of anilines is 1. The summed E-state index contributed by atoms with van der Waals surface area (Å²) in [5.41, 5.74) is 2.41. The molecule has 2 fully saturated rings. The van der Waals surface area contributed by atoms with Gasteiger partial charge in [-0.15, -0.1) is 0 Å². The number of aliphatic hydroxyl groups excluding tert-OH is 1. The summed E-state index contributed by atoms with van der Waals surface area (Å²) < 4.78 is 0. The van der Waals surface area contributed by atoms with Crippen molar-refractivity contribution in [1.29, 1.82) is 0 Å². The van der Waals surface area contributed by atoms with Crippen molar-refractivity contribution in [1.82, 2.24) is 0 Å². The molecular formula is C18H27NO. The van der Waals surface area contributed by atoms with Gasteiger partial charge in [0.25, 0.3) is 0 Å². The van der Waals surface area contributed by atoms with Crippen LogP contribution in [-0.4, -0.2) is 17.7 Å². The van der Waals surface area contributed by atoms with E-state index in [-0.39, 0.29) is 6.10 Å². The Morgan fingerprint density at radius 1 is 1.15 bits per heavy atom. The van der Waals surface area contributed by atoms with Gasteiger partial charge in [-0.3, -0.25) is 0 Å². The summed E-state index contributed by atoms with van der Waals surface area (Å²) in [6, 6.07) is 9.20. The van der Waals surface area contributed by atoms with E-state index >= 15 is 0 Å². The predicted molar refractivity (Wildman–Crippen MR) is 84.0 cm³/mol. The first-order valence-corrected chi connectivity index (χ1v) is 8.35. The minimum atomic E-state index is -0.323. The Balaban J connectivity index is 1.87. The number of nitrogens with zero attached hydrogens (tertiary/aromatic N) is 1. The first-order valence-electron chi connectivity index (χ1n) is 8.35. The third-order valence-electron chi connectivity index (χ3n) is 5.24. The van der Waals surface area contributed by atoms with Gasteiger partial charge in [0, 0.05) is 23.8 Å². The summed E-state index contributed by atoms with van der Waals surface area (Å²) in [6.45, 7) is 3.22. The molecule has 2 heteroatoms. The van der Waals surface area contributed by atoms with E-state index in [1.54, 1.807) is 0 Å². The number of rotatable bonds is 4. The average Bonchev–Trinajstić information content (AvgIpc) is 3.16. The summed E-state index contributed by atoms with van der Waals surface area (Å²) >= 11 is 0. The lowest BCUT2D eigenvalue weighted by Crippen LogP contribution is -2.35. The molecule has 1 saturated carbocycles. The van der Waals surface area contributed by atoms with Gasteiger partial charge in [0.05, 0.1) is 6.10 Å². The van der Waals surface area contributed by atoms with Gasteiger partial charge in [-0.25, -0.2) is 0 Å². The van der Waals surface area contributed by atoms with Gasteiger partial charge in [0.15, 0.2) is 0 Å². The van der Waals surface area contributed by atoms with E-state index in [4.69, 9.17) is 0 Å². The van der Waals surface area contributed by atoms with Crippen LogP contribution >= 0.6 is 0 Å². The monoisotopic (exact) mass is 273 g/mol. The van der Waals surface area contributed by atoms with Crippen LogP contribution in [0, 0.1) is 5.92 Å². The van der Waals surface area contributed by atoms with Gasteiger partial charge >= 0.3 is 0 Å². The highest BCUT2D eigenvalue weighted by molar-refractivity contribution is 5.56. The Morgan fingerprint density at radius 3 is 2.65 bits per heavy atom. The molecule has 0 bridgehead atoms. The van der Waals surface area contributed by atoms with Crippen molar-refractivity contribution in [2.75, 3.05) is 11.4 Å². The molecule has 20 heavy (non-hydrogen) atoms. The van der Waals surface area contributed by atoms with Gasteiger partial charge in [-0.1, -0.05) is 38.0 Å². The van der Waals surface area contributed by atoms with Crippen LogP contribution in [0.2, 0.25) is 0 Å². The highest BCUT2D eigenvalue weighted by Crippen LogP contribution is 2.40. The molecule has 1 aromatic rings. The Labute approximate surface area is 122 Å². The van der Waals surface area contributed by atoms with Crippen molar-refractivity contribution < 1.29 is 5.11 Å². The molecule has 3 rings (SSSR count). The second-order valence-electron chi connectivity index (χ2n) is 6.43. The number of para-hydroxylation sites is 1. The maximum atomic E-state index is 10.3. The first kappa shape index (κ1) is 13.9. The molecule has 2 aliphatic rings. The van der Waals surface area contributed by atoms with Gasteiger partial charge in [-0.2, -0.15) is 0 Å². The molecule has 2 atom stereocenters. The van der Waals surface area contributed by atoms with Crippen LogP contribution in [0.1, 0.15) is 63.5 Å². The molecule has 1 saturated heterocycles. The number of hydrogen-bond donors (Lipinski definition) is 1. The lowest BCUT2D eigenvalue weighted by molar-refractivity contribution is 0.174. The van der Waals surface area contributed by atoms with Gasteiger partial charge in [0.1, 0.15) is 0 Å². The third kappa shape index (κ3) is 2.58. The maximum Gasteiger partial charge on any atom is 0.0807 e. The van der Waals surface area contributed by atoms with Crippen molar-refractivity contribution in [3.8, 4) is 0 Å². The van der Waals surface area contributed by atoms with Crippen LogP contribution in [0.4, 0.5) is 5.69 Å². The van der Waals surface area contributed by atoms with Crippen LogP contribution in [0.15, 0.2) is 24.3 Å². The SMILES string of the molecule is CC[C@@H](O)c1ccccc1N1CCCC1C1CCCC1. The van der Waals surface area contributed by atoms with Crippen molar-refractivity contribution in [2.45, 2.75) is 64.0 Å². The van der Waals surface area contributed by atoms with Gasteiger partial charge in [-0.05, 0) is 44.1 Å². The van der Waals surface area contributed by atoms with E-state index in [0.29, 0.717) is 6.04 Å². The molecule has 110 valence electrons. The Kier molecular flexibility index (Phi) is 4.30. The van der Waals surface area contributed by atoms with E-state index in [2.05, 4.69) is 36.1 Å². The molecule has 0 aromatic heterocycles. The number of hydrogen-bond acceptors (Lipinski definition) is 2. The zero-order chi connectivity index (χ0) is 13.9. The van der Waals surface area contributed by atoms with Crippen molar-refractivity contribution in [3.05, 3.63) is 29.8 Å². The molecule has 1 aliphatic carbocycles. The Bertz CT molecular complexity index is 439. The quantitative estimate of drug-likeness (QED) is 0.884. The van der Waals surface area contributed by atoms with Crippen molar-refractivity contribution in [3.63, 3.8) is 0 Å². The van der Waals surface area contributed by atoms with Gasteiger partial charge in [0.2, 0.25) is 0 Å². The lowest BCUT2D eigenvalue weighted by Gasteiger charge is -2.33. The summed E-state index contributed by atoms with van der Waals surface area (Å²) in [6.07, 6.45) is 8.73. The molecular weight excluding hydrogens is 246 g/mol. The van der Waals surface area contributed by atoms with E-state index < -0.39 is 0 Å². The van der Waals surface area contributed by atoms with Crippen LogP contribution < -0.4 is 4.90 Å². The molecule has 0 radical (unpaired) electrons. The van der Waals surface area contributed by atoms with Crippen molar-refractivity contribution >= 4 is 5.69 Å². The summed E-state index contributed by atoms with van der Waals surface area (Å²) in [5.74, 6) is 0.879. The third-order valence-corrected chi connectivity index (χ3v) is 5.24. The molecule has 1 aliphatic heterocycles. The minimum absolute atomic E-state index is 0.323. The normalized spacial score (nSPS) is 25.3. The number of aliphatic hydroxyl groups is 1. The van der Waals surface area contributed by atoms with E-state index in [0.717, 1.165) is 24.4 Å². The molecule has 0 spiro atoms. The summed E-state index contributed by atoms with van der Waals surface area (Å²) in [5, 5.41) is 10.3. The number of benzene rings is 1. The maximum absolute atomic E-state index is 10.3.